The number of hydrogen-bond acceptors (Lipinski definition) is 3. The number of nitrogens with two attached hydrogens (primary N) is 1. The highest BCUT2D eigenvalue weighted by Gasteiger charge is 2.10. The molecule has 0 aliphatic heterocycles. The number of imidazole rings is 1. The van der Waals surface area contributed by atoms with Crippen LogP contribution in [-0.2, 0) is 0 Å². The Morgan fingerprint density at radius 2 is 2.20 bits per heavy atom. The molecule has 0 fully saturated rings. The number of aryl methyl sites for hydroxylation is 1. The fraction of sp³-hybridized carbons (Fsp3) is 0.727. The molecule has 15 heavy (non-hydrogen) atoms. The lowest BCUT2D eigenvalue weighted by atomic mass is 10.0. The van der Waals surface area contributed by atoms with Crippen molar-refractivity contribution in [3.05, 3.63) is 11.9 Å². The summed E-state index contributed by atoms with van der Waals surface area (Å²) in [6, 6.07) is 0.267. The molecule has 0 aliphatic carbocycles. The molecule has 0 bridgehead atoms. The third-order valence-corrected chi connectivity index (χ3v) is 2.71. The Bertz CT molecular complexity index is 293. The molecule has 1 aromatic rings. The van der Waals surface area contributed by atoms with Crippen LogP contribution < -0.4 is 10.6 Å². The first-order chi connectivity index (χ1) is 7.00. The number of nitrogens with one attached hydrogen (secondary N) is 1. The maximum absolute atomic E-state index is 5.99. The topological polar surface area (TPSA) is 57.9 Å². The highest BCUT2D eigenvalue weighted by molar-refractivity contribution is 5.29. The van der Waals surface area contributed by atoms with Gasteiger partial charge >= 0.3 is 0 Å². The molecule has 0 saturated carbocycles. The van der Waals surface area contributed by atoms with Crippen LogP contribution >= 0.6 is 0 Å². The monoisotopic (exact) mass is 210 g/mol. The van der Waals surface area contributed by atoms with Gasteiger partial charge in [-0.15, -0.1) is 0 Å². The van der Waals surface area contributed by atoms with E-state index < -0.39 is 0 Å². The summed E-state index contributed by atoms with van der Waals surface area (Å²) in [4.78, 5) is 9.58. The van der Waals surface area contributed by atoms with E-state index in [1.165, 1.54) is 0 Å². The van der Waals surface area contributed by atoms with E-state index in [0.717, 1.165) is 24.6 Å². The van der Waals surface area contributed by atoms with E-state index in [4.69, 9.17) is 5.73 Å². The quantitative estimate of drug-likeness (QED) is 0.775. The van der Waals surface area contributed by atoms with Crippen molar-refractivity contribution in [1.29, 1.82) is 0 Å². The zero-order chi connectivity index (χ0) is 11.4. The fourth-order valence-corrected chi connectivity index (χ4v) is 1.37. The van der Waals surface area contributed by atoms with Crippen LogP contribution in [0.5, 0.6) is 0 Å². The Kier molecular flexibility index (Phi) is 4.15. The third-order valence-electron chi connectivity index (χ3n) is 2.71. The first-order valence-electron chi connectivity index (χ1n) is 5.49. The molecule has 4 heteroatoms. The van der Waals surface area contributed by atoms with Gasteiger partial charge in [0.05, 0.1) is 0 Å². The van der Waals surface area contributed by atoms with Crippen LogP contribution in [0.3, 0.4) is 0 Å². The molecule has 0 aliphatic rings. The van der Waals surface area contributed by atoms with E-state index in [2.05, 4.69) is 28.7 Å². The summed E-state index contributed by atoms with van der Waals surface area (Å²) in [6.07, 6.45) is 2.84. The Morgan fingerprint density at radius 3 is 2.67 bits per heavy atom. The third kappa shape index (κ3) is 3.55. The number of aromatic nitrogens is 2. The number of H-pyrrole nitrogens is 1. The molecule has 1 aromatic heterocycles. The van der Waals surface area contributed by atoms with E-state index in [9.17, 15) is 0 Å². The van der Waals surface area contributed by atoms with E-state index in [0.29, 0.717) is 5.92 Å². The molecule has 4 nitrogen and oxygen atoms in total. The molecule has 1 unspecified atom stereocenters. The maximum atomic E-state index is 5.99. The molecule has 0 saturated heterocycles. The minimum absolute atomic E-state index is 0.267. The van der Waals surface area contributed by atoms with Gasteiger partial charge in [-0.1, -0.05) is 13.8 Å². The average molecular weight is 210 g/mol. The first-order valence-corrected chi connectivity index (χ1v) is 5.49. The summed E-state index contributed by atoms with van der Waals surface area (Å²) in [5, 5.41) is 0. The fourth-order valence-electron chi connectivity index (χ4n) is 1.37. The molecule has 1 atom stereocenters. The van der Waals surface area contributed by atoms with Gasteiger partial charge in [-0.2, -0.15) is 0 Å². The van der Waals surface area contributed by atoms with Crippen molar-refractivity contribution < 1.29 is 0 Å². The smallest absolute Gasteiger partial charge is 0.202 e. The van der Waals surface area contributed by atoms with Gasteiger partial charge in [0.25, 0.3) is 0 Å². The van der Waals surface area contributed by atoms with E-state index in [-0.39, 0.29) is 6.04 Å². The van der Waals surface area contributed by atoms with Gasteiger partial charge in [0, 0.05) is 31.5 Å². The second-order valence-corrected chi connectivity index (χ2v) is 4.51. The minimum Gasteiger partial charge on any atom is -0.345 e. The Labute approximate surface area is 91.9 Å². The Hall–Kier alpha value is -1.03. The van der Waals surface area contributed by atoms with Crippen molar-refractivity contribution in [1.82, 2.24) is 9.97 Å². The SMILES string of the molecule is Cc1cnc(N(C)CCC(N)C(C)C)[nH]1. The number of rotatable bonds is 5. The molecule has 0 amide bonds. The van der Waals surface area contributed by atoms with E-state index in [1.54, 1.807) is 0 Å². The highest BCUT2D eigenvalue weighted by atomic mass is 15.2. The van der Waals surface area contributed by atoms with Crippen LogP contribution in [-0.4, -0.2) is 29.6 Å². The lowest BCUT2D eigenvalue weighted by molar-refractivity contribution is 0.465. The Morgan fingerprint density at radius 1 is 1.53 bits per heavy atom. The summed E-state index contributed by atoms with van der Waals surface area (Å²) in [7, 11) is 2.03. The van der Waals surface area contributed by atoms with Crippen molar-refractivity contribution >= 4 is 5.95 Å². The van der Waals surface area contributed by atoms with Gasteiger partial charge in [0.1, 0.15) is 0 Å². The van der Waals surface area contributed by atoms with Crippen molar-refractivity contribution in [3.63, 3.8) is 0 Å². The average Bonchev–Trinajstić information content (AvgIpc) is 2.60. The summed E-state index contributed by atoms with van der Waals surface area (Å²) in [5.41, 5.74) is 7.08. The van der Waals surface area contributed by atoms with Crippen molar-refractivity contribution in [2.75, 3.05) is 18.5 Å². The lowest BCUT2D eigenvalue weighted by Gasteiger charge is -2.20. The number of anilines is 1. The van der Waals surface area contributed by atoms with Crippen molar-refractivity contribution in [2.45, 2.75) is 33.2 Å². The lowest BCUT2D eigenvalue weighted by Crippen LogP contribution is -2.32. The van der Waals surface area contributed by atoms with E-state index in [1.807, 2.05) is 20.2 Å². The van der Waals surface area contributed by atoms with Crippen molar-refractivity contribution in [3.8, 4) is 0 Å². The van der Waals surface area contributed by atoms with Gasteiger partial charge in [0.2, 0.25) is 5.95 Å². The highest BCUT2D eigenvalue weighted by Crippen LogP contribution is 2.09. The van der Waals surface area contributed by atoms with Crippen LogP contribution in [0.15, 0.2) is 6.20 Å². The molecule has 1 heterocycles. The number of nitrogens with zero attached hydrogens (tertiary/aromatic N) is 2. The zero-order valence-electron chi connectivity index (χ0n) is 10.1. The molecule has 0 radical (unpaired) electrons. The van der Waals surface area contributed by atoms with Gasteiger partial charge in [-0.3, -0.25) is 0 Å². The van der Waals surface area contributed by atoms with Crippen LogP contribution in [0, 0.1) is 12.8 Å². The van der Waals surface area contributed by atoms with Crippen LogP contribution in [0.25, 0.3) is 0 Å². The largest absolute Gasteiger partial charge is 0.345 e. The molecule has 86 valence electrons. The molecule has 0 spiro atoms. The van der Waals surface area contributed by atoms with Gasteiger partial charge < -0.3 is 15.6 Å². The summed E-state index contributed by atoms with van der Waals surface area (Å²) < 4.78 is 0. The molecular formula is C11H22N4. The summed E-state index contributed by atoms with van der Waals surface area (Å²) in [5.74, 6) is 1.46. The standard InChI is InChI=1S/C11H22N4/c1-8(2)10(12)5-6-15(4)11-13-7-9(3)14-11/h7-8,10H,5-6,12H2,1-4H3,(H,13,14). The van der Waals surface area contributed by atoms with Crippen molar-refractivity contribution in [2.24, 2.45) is 11.7 Å². The summed E-state index contributed by atoms with van der Waals surface area (Å²) >= 11 is 0. The van der Waals surface area contributed by atoms with E-state index >= 15 is 0 Å². The normalized spacial score (nSPS) is 13.2. The van der Waals surface area contributed by atoms with Gasteiger partial charge in [-0.25, -0.2) is 4.98 Å². The molecular weight excluding hydrogens is 188 g/mol. The maximum Gasteiger partial charge on any atom is 0.202 e. The van der Waals surface area contributed by atoms with Gasteiger partial charge in [0.15, 0.2) is 0 Å². The molecule has 3 N–H and O–H groups in total. The van der Waals surface area contributed by atoms with Crippen LogP contribution in [0.2, 0.25) is 0 Å². The second-order valence-electron chi connectivity index (χ2n) is 4.51. The first kappa shape index (κ1) is 12.0. The van der Waals surface area contributed by atoms with Crippen LogP contribution in [0.4, 0.5) is 5.95 Å². The number of hydrogen-bond donors (Lipinski definition) is 2. The minimum atomic E-state index is 0.267. The Balaban J connectivity index is 2.39. The summed E-state index contributed by atoms with van der Waals surface area (Å²) in [6.45, 7) is 7.25. The van der Waals surface area contributed by atoms with Gasteiger partial charge in [-0.05, 0) is 19.3 Å². The molecule has 0 aromatic carbocycles. The predicted molar refractivity (Wildman–Crippen MR) is 64.0 cm³/mol. The number of aromatic amines is 1. The van der Waals surface area contributed by atoms with Crippen LogP contribution in [0.1, 0.15) is 26.0 Å². The zero-order valence-corrected chi connectivity index (χ0v) is 10.1. The second kappa shape index (κ2) is 5.16. The predicted octanol–water partition coefficient (Wildman–Crippen LogP) is 1.53. The molecule has 1 rings (SSSR count).